The van der Waals surface area contributed by atoms with Crippen LogP contribution in [0, 0.1) is 12.3 Å². The van der Waals surface area contributed by atoms with Gasteiger partial charge < -0.3 is 9.72 Å². The Bertz CT molecular complexity index is 1520. The van der Waals surface area contributed by atoms with Crippen molar-refractivity contribution in [1.82, 2.24) is 24.5 Å². The van der Waals surface area contributed by atoms with Gasteiger partial charge in [0.15, 0.2) is 0 Å². The molecule has 0 aliphatic rings. The van der Waals surface area contributed by atoms with Crippen LogP contribution in [0.5, 0.6) is 5.88 Å². The highest BCUT2D eigenvalue weighted by Gasteiger charge is 2.17. The smallest absolute Gasteiger partial charge is 0.331 e. The molecule has 4 heterocycles. The summed E-state index contributed by atoms with van der Waals surface area (Å²) in [6.07, 6.45) is 12.2. The van der Waals surface area contributed by atoms with E-state index in [9.17, 15) is 4.79 Å². The molecule has 5 rings (SSSR count). The molecule has 0 saturated carbocycles. The summed E-state index contributed by atoms with van der Waals surface area (Å²) in [6, 6.07) is 11.3. The van der Waals surface area contributed by atoms with Crippen LogP contribution in [0.1, 0.15) is 5.56 Å². The molecule has 30 heavy (non-hydrogen) atoms. The summed E-state index contributed by atoms with van der Waals surface area (Å²) in [7, 11) is 1.52. The van der Waals surface area contributed by atoms with Gasteiger partial charge in [0.1, 0.15) is 5.69 Å². The highest BCUT2D eigenvalue weighted by atomic mass is 16.5. The number of ether oxygens (including phenoxy) is 1. The maximum atomic E-state index is 12.9. The number of aromatic nitrogens is 5. The fourth-order valence-corrected chi connectivity index (χ4v) is 3.58. The van der Waals surface area contributed by atoms with E-state index in [2.05, 4.69) is 25.9 Å². The number of rotatable bonds is 3. The topological polar surface area (TPSA) is 85.7 Å². The van der Waals surface area contributed by atoms with Gasteiger partial charge in [0.25, 0.3) is 0 Å². The fraction of sp³-hybridized carbons (Fsp3) is 0.0435. The lowest BCUT2D eigenvalue weighted by molar-refractivity contribution is 0.396. The summed E-state index contributed by atoms with van der Waals surface area (Å²) in [6.45, 7) is 0. The molecule has 0 saturated heterocycles. The van der Waals surface area contributed by atoms with Crippen LogP contribution in [-0.4, -0.2) is 31.6 Å². The number of fused-ring (bicyclic) bond motifs is 3. The highest BCUT2D eigenvalue weighted by Crippen LogP contribution is 2.30. The summed E-state index contributed by atoms with van der Waals surface area (Å²) in [5.41, 5.74) is 4.81. The summed E-state index contributed by atoms with van der Waals surface area (Å²) in [4.78, 5) is 28.7. The second-order valence-corrected chi connectivity index (χ2v) is 6.66. The van der Waals surface area contributed by atoms with Crippen LogP contribution in [0.3, 0.4) is 0 Å². The van der Waals surface area contributed by atoms with Crippen molar-refractivity contribution in [2.75, 3.05) is 7.11 Å². The van der Waals surface area contributed by atoms with E-state index >= 15 is 0 Å². The van der Waals surface area contributed by atoms with E-state index in [0.29, 0.717) is 28.2 Å². The molecule has 4 aromatic heterocycles. The molecule has 144 valence electrons. The van der Waals surface area contributed by atoms with Crippen molar-refractivity contribution in [2.24, 2.45) is 0 Å². The number of nitrogens with one attached hydrogen (secondary N) is 1. The first-order valence-electron chi connectivity index (χ1n) is 9.14. The van der Waals surface area contributed by atoms with E-state index in [-0.39, 0.29) is 5.69 Å². The summed E-state index contributed by atoms with van der Waals surface area (Å²) in [5.74, 6) is 2.96. The first-order valence-corrected chi connectivity index (χ1v) is 9.14. The molecule has 0 amide bonds. The van der Waals surface area contributed by atoms with Crippen LogP contribution >= 0.6 is 0 Å². The Morgan fingerprint density at radius 1 is 1.10 bits per heavy atom. The Hall–Kier alpha value is -4.44. The van der Waals surface area contributed by atoms with Crippen LogP contribution in [0.4, 0.5) is 0 Å². The van der Waals surface area contributed by atoms with Crippen LogP contribution in [0.15, 0.2) is 66.0 Å². The molecular formula is C23H15N5O2. The van der Waals surface area contributed by atoms with Gasteiger partial charge in [0, 0.05) is 35.1 Å². The molecule has 0 radical (unpaired) electrons. The van der Waals surface area contributed by atoms with Gasteiger partial charge in [-0.3, -0.25) is 14.5 Å². The van der Waals surface area contributed by atoms with Crippen LogP contribution in [0.25, 0.3) is 38.8 Å². The first kappa shape index (κ1) is 17.6. The number of H-pyrrole nitrogens is 1. The largest absolute Gasteiger partial charge is 0.479 e. The van der Waals surface area contributed by atoms with Gasteiger partial charge in [-0.2, -0.15) is 0 Å². The normalized spacial score (nSPS) is 10.9. The molecule has 0 unspecified atom stereocenters. The Morgan fingerprint density at radius 3 is 2.83 bits per heavy atom. The number of terminal acetylenes is 1. The third-order valence-corrected chi connectivity index (χ3v) is 4.93. The lowest BCUT2D eigenvalue weighted by Gasteiger charge is -2.10. The van der Waals surface area contributed by atoms with Crippen molar-refractivity contribution in [2.45, 2.75) is 0 Å². The summed E-state index contributed by atoms with van der Waals surface area (Å²) in [5, 5.41) is 0.806. The number of aromatic amines is 1. The Balaban J connectivity index is 1.85. The van der Waals surface area contributed by atoms with Crippen molar-refractivity contribution in [3.05, 3.63) is 77.2 Å². The maximum Gasteiger partial charge on any atom is 0.331 e. The molecule has 0 atom stereocenters. The van der Waals surface area contributed by atoms with E-state index in [1.165, 1.54) is 7.11 Å². The van der Waals surface area contributed by atoms with Crippen molar-refractivity contribution in [3.8, 4) is 35.0 Å². The number of pyridine rings is 3. The van der Waals surface area contributed by atoms with Gasteiger partial charge in [0.05, 0.1) is 29.9 Å². The Morgan fingerprint density at radius 2 is 2.00 bits per heavy atom. The van der Waals surface area contributed by atoms with Gasteiger partial charge in [-0.1, -0.05) is 12.0 Å². The molecule has 1 N–H and O–H groups in total. The number of methoxy groups -OCH3 is 1. The van der Waals surface area contributed by atoms with Gasteiger partial charge in [-0.25, -0.2) is 9.78 Å². The second-order valence-electron chi connectivity index (χ2n) is 6.66. The second kappa shape index (κ2) is 6.87. The van der Waals surface area contributed by atoms with Crippen molar-refractivity contribution in [1.29, 1.82) is 0 Å². The number of hydrogen-bond acceptors (Lipinski definition) is 5. The quantitative estimate of drug-likeness (QED) is 0.475. The molecule has 0 spiro atoms. The zero-order valence-electron chi connectivity index (χ0n) is 16.0. The van der Waals surface area contributed by atoms with Gasteiger partial charge in [0.2, 0.25) is 5.88 Å². The molecule has 7 nitrogen and oxygen atoms in total. The summed E-state index contributed by atoms with van der Waals surface area (Å²) >= 11 is 0. The van der Waals surface area contributed by atoms with E-state index in [1.54, 1.807) is 41.5 Å². The molecule has 0 aliphatic heterocycles. The fourth-order valence-electron chi connectivity index (χ4n) is 3.58. The standard InChI is InChI=1S/C23H15N5O2/c1-3-14-9-16(12-24-11-14)15-6-7-18-17(10-15)21-19(13-26-18)27-23(29)28(21)20-5-4-8-25-22(20)30-2/h1,4-13H,2H3,(H,27,29). The number of hydrogen-bond donors (Lipinski definition) is 1. The molecular weight excluding hydrogens is 378 g/mol. The van der Waals surface area contributed by atoms with E-state index in [0.717, 1.165) is 22.0 Å². The minimum Gasteiger partial charge on any atom is -0.479 e. The predicted molar refractivity (Wildman–Crippen MR) is 115 cm³/mol. The first-order chi connectivity index (χ1) is 14.7. The van der Waals surface area contributed by atoms with E-state index in [4.69, 9.17) is 11.2 Å². The van der Waals surface area contributed by atoms with Crippen molar-refractivity contribution >= 4 is 21.9 Å². The third-order valence-electron chi connectivity index (χ3n) is 4.93. The molecule has 5 aromatic rings. The zero-order valence-corrected chi connectivity index (χ0v) is 16.0. The van der Waals surface area contributed by atoms with Crippen molar-refractivity contribution in [3.63, 3.8) is 0 Å². The monoisotopic (exact) mass is 393 g/mol. The van der Waals surface area contributed by atoms with Gasteiger partial charge in [-0.15, -0.1) is 6.42 Å². The minimum absolute atomic E-state index is 0.299. The lowest BCUT2D eigenvalue weighted by atomic mass is 10.0. The Labute approximate surface area is 171 Å². The van der Waals surface area contributed by atoms with Crippen LogP contribution < -0.4 is 10.4 Å². The predicted octanol–water partition coefficient (Wildman–Crippen LogP) is 3.31. The number of imidazole rings is 1. The van der Waals surface area contributed by atoms with Gasteiger partial charge in [-0.05, 0) is 35.9 Å². The molecule has 7 heteroatoms. The van der Waals surface area contributed by atoms with E-state index < -0.39 is 0 Å². The zero-order chi connectivity index (χ0) is 20.7. The number of benzene rings is 1. The molecule has 0 fully saturated rings. The minimum atomic E-state index is -0.299. The van der Waals surface area contributed by atoms with Crippen molar-refractivity contribution < 1.29 is 4.74 Å². The van der Waals surface area contributed by atoms with Crippen LogP contribution in [-0.2, 0) is 0 Å². The highest BCUT2D eigenvalue weighted by molar-refractivity contribution is 6.04. The average Bonchev–Trinajstić information content (AvgIpc) is 3.14. The lowest BCUT2D eigenvalue weighted by Crippen LogP contribution is -2.15. The molecule has 0 bridgehead atoms. The summed E-state index contributed by atoms with van der Waals surface area (Å²) < 4.78 is 6.94. The third kappa shape index (κ3) is 2.71. The average molecular weight is 393 g/mol. The SMILES string of the molecule is C#Cc1cncc(-c2ccc3ncc4[nH]c(=O)n(-c5cccnc5OC)c4c3c2)c1. The molecule has 1 aromatic carbocycles. The number of nitrogens with zero attached hydrogens (tertiary/aromatic N) is 4. The Kier molecular flexibility index (Phi) is 4.04. The van der Waals surface area contributed by atoms with E-state index in [1.807, 2.05) is 24.3 Å². The maximum absolute atomic E-state index is 12.9. The molecule has 0 aliphatic carbocycles. The van der Waals surface area contributed by atoms with Crippen LogP contribution in [0.2, 0.25) is 0 Å². The van der Waals surface area contributed by atoms with Gasteiger partial charge >= 0.3 is 5.69 Å².